The summed E-state index contributed by atoms with van der Waals surface area (Å²) < 4.78 is 11.9. The number of hydrogen-bond acceptors (Lipinski definition) is 4. The third kappa shape index (κ3) is 5.21. The third-order valence-corrected chi connectivity index (χ3v) is 3.72. The zero-order chi connectivity index (χ0) is 15.2. The molecule has 1 aromatic carbocycles. The quantitative estimate of drug-likeness (QED) is 0.838. The molecule has 0 spiro atoms. The molecule has 0 saturated carbocycles. The lowest BCUT2D eigenvalue weighted by atomic mass is 10.2. The lowest BCUT2D eigenvalue weighted by molar-refractivity contribution is 0.0178. The van der Waals surface area contributed by atoms with Crippen LogP contribution in [0.5, 0.6) is 5.75 Å². The first-order chi connectivity index (χ1) is 10.0. The number of hydrogen-bond donors (Lipinski definition) is 1. The van der Waals surface area contributed by atoms with Crippen LogP contribution in [0.1, 0.15) is 26.7 Å². The molecular formula is C17H28N2O2. The van der Waals surface area contributed by atoms with Crippen LogP contribution in [0.4, 0.5) is 5.69 Å². The zero-order valence-corrected chi connectivity index (χ0v) is 13.6. The van der Waals surface area contributed by atoms with Gasteiger partial charge in [0.15, 0.2) is 0 Å². The molecule has 21 heavy (non-hydrogen) atoms. The molecule has 4 nitrogen and oxygen atoms in total. The lowest BCUT2D eigenvalue weighted by Crippen LogP contribution is -2.32. The van der Waals surface area contributed by atoms with E-state index in [0.717, 1.165) is 30.8 Å². The number of rotatable bonds is 7. The average molecular weight is 292 g/mol. The fourth-order valence-corrected chi connectivity index (χ4v) is 2.46. The maximum absolute atomic E-state index is 6.01. The largest absolute Gasteiger partial charge is 0.491 e. The van der Waals surface area contributed by atoms with Crippen molar-refractivity contribution in [3.8, 4) is 5.75 Å². The Morgan fingerprint density at radius 3 is 2.76 bits per heavy atom. The smallest absolute Gasteiger partial charge is 0.121 e. The Morgan fingerprint density at radius 2 is 2.05 bits per heavy atom. The highest BCUT2D eigenvalue weighted by molar-refractivity contribution is 5.49. The molecule has 4 heteroatoms. The fourth-order valence-electron chi connectivity index (χ4n) is 2.46. The molecule has 1 aliphatic rings. The molecule has 1 heterocycles. The first-order valence-electron chi connectivity index (χ1n) is 7.83. The summed E-state index contributed by atoms with van der Waals surface area (Å²) in [7, 11) is 4.07. The Bertz CT molecular complexity index is 435. The minimum Gasteiger partial charge on any atom is -0.491 e. The van der Waals surface area contributed by atoms with Gasteiger partial charge >= 0.3 is 0 Å². The molecule has 2 rings (SSSR count). The first kappa shape index (κ1) is 16.1. The molecule has 0 bridgehead atoms. The van der Waals surface area contributed by atoms with Gasteiger partial charge in [-0.05, 0) is 25.0 Å². The number of anilines is 1. The first-order valence-corrected chi connectivity index (χ1v) is 7.83. The predicted octanol–water partition coefficient (Wildman–Crippen LogP) is 2.68. The Hall–Kier alpha value is -1.26. The second-order valence-corrected chi connectivity index (χ2v) is 6.22. The van der Waals surface area contributed by atoms with Crippen molar-refractivity contribution in [2.24, 2.45) is 0 Å². The van der Waals surface area contributed by atoms with Gasteiger partial charge in [-0.2, -0.15) is 0 Å². The number of nitrogens with zero attached hydrogens (tertiary/aromatic N) is 1. The van der Waals surface area contributed by atoms with Crippen molar-refractivity contribution >= 4 is 5.69 Å². The van der Waals surface area contributed by atoms with E-state index in [-0.39, 0.29) is 6.10 Å². The summed E-state index contributed by atoms with van der Waals surface area (Å²) in [6, 6.07) is 8.67. The zero-order valence-electron chi connectivity index (χ0n) is 13.6. The molecule has 2 unspecified atom stereocenters. The molecule has 1 aromatic rings. The van der Waals surface area contributed by atoms with E-state index >= 15 is 0 Å². The molecule has 0 aliphatic carbocycles. The Morgan fingerprint density at radius 1 is 1.29 bits per heavy atom. The molecule has 1 aliphatic heterocycles. The van der Waals surface area contributed by atoms with Crippen molar-refractivity contribution in [1.82, 2.24) is 5.32 Å². The second kappa shape index (κ2) is 7.66. The van der Waals surface area contributed by atoms with Crippen LogP contribution < -0.4 is 15.0 Å². The van der Waals surface area contributed by atoms with E-state index in [4.69, 9.17) is 9.47 Å². The molecule has 118 valence electrons. The maximum atomic E-state index is 6.01. The molecule has 1 saturated heterocycles. The van der Waals surface area contributed by atoms with Crippen LogP contribution in [0, 0.1) is 0 Å². The predicted molar refractivity (Wildman–Crippen MR) is 87.3 cm³/mol. The van der Waals surface area contributed by atoms with Crippen LogP contribution >= 0.6 is 0 Å². The number of ether oxygens (including phenoxy) is 2. The lowest BCUT2D eigenvalue weighted by Gasteiger charge is -2.17. The summed E-state index contributed by atoms with van der Waals surface area (Å²) in [5.41, 5.74) is 1.15. The van der Waals surface area contributed by atoms with Crippen LogP contribution in [0.3, 0.4) is 0 Å². The fraction of sp³-hybridized carbons (Fsp3) is 0.647. The Labute approximate surface area is 128 Å². The second-order valence-electron chi connectivity index (χ2n) is 6.22. The van der Waals surface area contributed by atoms with Gasteiger partial charge in [-0.25, -0.2) is 0 Å². The summed E-state index contributed by atoms with van der Waals surface area (Å²) in [6.45, 7) is 5.89. The van der Waals surface area contributed by atoms with Crippen molar-refractivity contribution in [2.75, 3.05) is 32.1 Å². The summed E-state index contributed by atoms with van der Waals surface area (Å²) >= 11 is 0. The maximum Gasteiger partial charge on any atom is 0.121 e. The van der Waals surface area contributed by atoms with Gasteiger partial charge in [0.2, 0.25) is 0 Å². The summed E-state index contributed by atoms with van der Waals surface area (Å²) in [6.07, 6.45) is 2.74. The van der Waals surface area contributed by atoms with Crippen LogP contribution in [-0.4, -0.2) is 45.5 Å². The molecular weight excluding hydrogens is 264 g/mol. The molecule has 2 atom stereocenters. The van der Waals surface area contributed by atoms with Crippen molar-refractivity contribution < 1.29 is 9.47 Å². The molecule has 0 radical (unpaired) electrons. The monoisotopic (exact) mass is 292 g/mol. The Balaban J connectivity index is 1.75. The summed E-state index contributed by atoms with van der Waals surface area (Å²) in [5, 5.41) is 3.43. The summed E-state index contributed by atoms with van der Waals surface area (Å²) in [5.74, 6) is 0.911. The van der Waals surface area contributed by atoms with Gasteiger partial charge < -0.3 is 19.7 Å². The highest BCUT2D eigenvalue weighted by Crippen LogP contribution is 2.23. The molecule has 0 aromatic heterocycles. The van der Waals surface area contributed by atoms with E-state index in [1.165, 1.54) is 0 Å². The van der Waals surface area contributed by atoms with Crippen molar-refractivity contribution in [3.05, 3.63) is 24.3 Å². The third-order valence-electron chi connectivity index (χ3n) is 3.72. The van der Waals surface area contributed by atoms with Crippen LogP contribution in [0.25, 0.3) is 0 Å². The van der Waals surface area contributed by atoms with Crippen LogP contribution in [-0.2, 0) is 4.74 Å². The van der Waals surface area contributed by atoms with E-state index in [9.17, 15) is 0 Å². The van der Waals surface area contributed by atoms with E-state index in [1.807, 2.05) is 26.2 Å². The van der Waals surface area contributed by atoms with Gasteiger partial charge in [-0.15, -0.1) is 0 Å². The van der Waals surface area contributed by atoms with Gasteiger partial charge in [0.25, 0.3) is 0 Å². The highest BCUT2D eigenvalue weighted by atomic mass is 16.5. The van der Waals surface area contributed by atoms with Gasteiger partial charge in [0.1, 0.15) is 12.4 Å². The minimum atomic E-state index is 0.215. The minimum absolute atomic E-state index is 0.215. The topological polar surface area (TPSA) is 33.7 Å². The van der Waals surface area contributed by atoms with Crippen molar-refractivity contribution in [1.29, 1.82) is 0 Å². The van der Waals surface area contributed by atoms with Crippen molar-refractivity contribution in [3.63, 3.8) is 0 Å². The van der Waals surface area contributed by atoms with Crippen molar-refractivity contribution in [2.45, 2.75) is 44.9 Å². The number of nitrogens with one attached hydrogen (secondary N) is 1. The van der Waals surface area contributed by atoms with Gasteiger partial charge in [0.05, 0.1) is 12.2 Å². The molecule has 0 amide bonds. The molecule has 1 fully saturated rings. The normalized spacial score (nSPS) is 21.8. The highest BCUT2D eigenvalue weighted by Gasteiger charge is 2.25. The SMILES string of the molecule is CC(C)NCC1CCC(COc2cccc(N(C)C)c2)O1. The Kier molecular flexibility index (Phi) is 5.88. The average Bonchev–Trinajstić information content (AvgIpc) is 2.91. The van der Waals surface area contributed by atoms with Crippen LogP contribution in [0.2, 0.25) is 0 Å². The summed E-state index contributed by atoms with van der Waals surface area (Å²) in [4.78, 5) is 2.08. The van der Waals surface area contributed by atoms with E-state index in [1.54, 1.807) is 0 Å². The van der Waals surface area contributed by atoms with Gasteiger partial charge in [-0.3, -0.25) is 0 Å². The standard InChI is InChI=1S/C17H28N2O2/c1-13(2)18-11-16-8-9-17(21-16)12-20-15-7-5-6-14(10-15)19(3)4/h5-7,10,13,16-18H,8-9,11-12H2,1-4H3. The van der Waals surface area contributed by atoms with Gasteiger partial charge in [-0.1, -0.05) is 19.9 Å². The van der Waals surface area contributed by atoms with E-state index in [0.29, 0.717) is 18.8 Å². The van der Waals surface area contributed by atoms with Gasteiger partial charge in [0, 0.05) is 38.4 Å². The van der Waals surface area contributed by atoms with E-state index < -0.39 is 0 Å². The number of benzene rings is 1. The van der Waals surface area contributed by atoms with Crippen LogP contribution in [0.15, 0.2) is 24.3 Å². The van der Waals surface area contributed by atoms with E-state index in [2.05, 4.69) is 36.2 Å². The molecule has 1 N–H and O–H groups in total.